The highest BCUT2D eigenvalue weighted by atomic mass is 16.4. The molecule has 0 bridgehead atoms. The quantitative estimate of drug-likeness (QED) is 0.713. The van der Waals surface area contributed by atoms with Gasteiger partial charge in [-0.1, -0.05) is 0 Å². The number of carboxylic acid groups (broad SMARTS) is 1. The van der Waals surface area contributed by atoms with Crippen LogP contribution in [0.15, 0.2) is 0 Å². The molecule has 4 heteroatoms. The van der Waals surface area contributed by atoms with Gasteiger partial charge in [-0.2, -0.15) is 0 Å². The van der Waals surface area contributed by atoms with Crippen molar-refractivity contribution < 1.29 is 15.0 Å². The lowest BCUT2D eigenvalue weighted by molar-refractivity contribution is -0.145. The standard InChI is InChI=1S/C11H19NO3/c13-10(14)8-11(15)5-1-2-6-12-7-3-4-9(11)12/h9,15H,1-8H2,(H,13,14). The Morgan fingerprint density at radius 3 is 2.80 bits per heavy atom. The summed E-state index contributed by atoms with van der Waals surface area (Å²) in [5.41, 5.74) is -0.987. The van der Waals surface area contributed by atoms with Gasteiger partial charge >= 0.3 is 5.97 Å². The fraction of sp³-hybridized carbons (Fsp3) is 0.909. The molecule has 0 spiro atoms. The van der Waals surface area contributed by atoms with E-state index in [9.17, 15) is 9.90 Å². The van der Waals surface area contributed by atoms with Gasteiger partial charge < -0.3 is 10.2 Å². The van der Waals surface area contributed by atoms with E-state index in [1.807, 2.05) is 0 Å². The summed E-state index contributed by atoms with van der Waals surface area (Å²) in [6, 6.07) is 0.0797. The summed E-state index contributed by atoms with van der Waals surface area (Å²) in [4.78, 5) is 13.1. The monoisotopic (exact) mass is 213 g/mol. The summed E-state index contributed by atoms with van der Waals surface area (Å²) in [5, 5.41) is 19.3. The number of carboxylic acids is 1. The fourth-order valence-corrected chi connectivity index (χ4v) is 3.08. The number of aliphatic hydroxyl groups is 1. The summed E-state index contributed by atoms with van der Waals surface area (Å²) in [6.07, 6.45) is 4.60. The number of hydrogen-bond donors (Lipinski definition) is 2. The second-order valence-electron chi connectivity index (χ2n) is 4.83. The van der Waals surface area contributed by atoms with Crippen LogP contribution in [0.1, 0.15) is 38.5 Å². The zero-order valence-electron chi connectivity index (χ0n) is 8.98. The predicted octanol–water partition coefficient (Wildman–Crippen LogP) is 0.840. The van der Waals surface area contributed by atoms with Crippen molar-refractivity contribution in [2.75, 3.05) is 13.1 Å². The number of aliphatic carboxylic acids is 1. The molecule has 2 atom stereocenters. The van der Waals surface area contributed by atoms with Crippen molar-refractivity contribution >= 4 is 5.97 Å². The Kier molecular flexibility index (Phi) is 2.98. The first kappa shape index (κ1) is 10.9. The lowest BCUT2D eigenvalue weighted by Gasteiger charge is -2.35. The number of hydrogen-bond acceptors (Lipinski definition) is 3. The Morgan fingerprint density at radius 2 is 2.07 bits per heavy atom. The Labute approximate surface area is 89.9 Å². The van der Waals surface area contributed by atoms with Crippen molar-refractivity contribution in [3.63, 3.8) is 0 Å². The van der Waals surface area contributed by atoms with Crippen LogP contribution in [0.4, 0.5) is 0 Å². The number of nitrogens with zero attached hydrogens (tertiary/aromatic N) is 1. The van der Waals surface area contributed by atoms with E-state index in [2.05, 4.69) is 4.90 Å². The van der Waals surface area contributed by atoms with Crippen molar-refractivity contribution in [2.24, 2.45) is 0 Å². The minimum absolute atomic E-state index is 0.0797. The van der Waals surface area contributed by atoms with Gasteiger partial charge in [0.1, 0.15) is 0 Å². The molecular formula is C11H19NO3. The van der Waals surface area contributed by atoms with E-state index in [0.717, 1.165) is 38.8 Å². The van der Waals surface area contributed by atoms with Crippen molar-refractivity contribution in [2.45, 2.75) is 50.2 Å². The van der Waals surface area contributed by atoms with E-state index in [-0.39, 0.29) is 12.5 Å². The van der Waals surface area contributed by atoms with Gasteiger partial charge in [0.05, 0.1) is 12.0 Å². The van der Waals surface area contributed by atoms with Crippen LogP contribution in [0, 0.1) is 0 Å². The Hall–Kier alpha value is -0.610. The maximum Gasteiger partial charge on any atom is 0.306 e. The summed E-state index contributed by atoms with van der Waals surface area (Å²) >= 11 is 0. The molecule has 2 aliphatic heterocycles. The molecule has 2 fully saturated rings. The molecule has 86 valence electrons. The van der Waals surface area contributed by atoms with Crippen LogP contribution in [0.5, 0.6) is 0 Å². The zero-order chi connectivity index (χ0) is 10.9. The molecular weight excluding hydrogens is 194 g/mol. The highest BCUT2D eigenvalue weighted by Crippen LogP contribution is 2.36. The SMILES string of the molecule is O=C(O)CC1(O)CCCCN2CCCC21. The van der Waals surface area contributed by atoms with E-state index in [0.29, 0.717) is 6.42 Å². The average molecular weight is 213 g/mol. The molecule has 2 aliphatic rings. The van der Waals surface area contributed by atoms with Gasteiger partial charge in [0, 0.05) is 6.04 Å². The molecule has 2 unspecified atom stereocenters. The normalized spacial score (nSPS) is 37.3. The minimum atomic E-state index is -0.987. The van der Waals surface area contributed by atoms with Gasteiger partial charge in [-0.05, 0) is 45.2 Å². The molecule has 0 radical (unpaired) electrons. The summed E-state index contributed by atoms with van der Waals surface area (Å²) in [7, 11) is 0. The van der Waals surface area contributed by atoms with E-state index in [1.54, 1.807) is 0 Å². The Balaban J connectivity index is 2.15. The van der Waals surface area contributed by atoms with Crippen LogP contribution in [-0.4, -0.2) is 45.8 Å². The van der Waals surface area contributed by atoms with Crippen LogP contribution in [-0.2, 0) is 4.79 Å². The van der Waals surface area contributed by atoms with Gasteiger partial charge in [0.2, 0.25) is 0 Å². The number of carbonyl (C=O) groups is 1. The molecule has 2 heterocycles. The van der Waals surface area contributed by atoms with Gasteiger partial charge in [-0.3, -0.25) is 9.69 Å². The third-order valence-corrected chi connectivity index (χ3v) is 3.75. The van der Waals surface area contributed by atoms with E-state index in [4.69, 9.17) is 5.11 Å². The van der Waals surface area contributed by atoms with Gasteiger partial charge in [0.25, 0.3) is 0 Å². The highest BCUT2D eigenvalue weighted by Gasteiger charge is 2.44. The largest absolute Gasteiger partial charge is 0.481 e. The molecule has 0 amide bonds. The van der Waals surface area contributed by atoms with Crippen molar-refractivity contribution in [3.05, 3.63) is 0 Å². The Morgan fingerprint density at radius 1 is 1.33 bits per heavy atom. The van der Waals surface area contributed by atoms with Crippen LogP contribution in [0.3, 0.4) is 0 Å². The molecule has 0 saturated carbocycles. The van der Waals surface area contributed by atoms with E-state index < -0.39 is 11.6 Å². The maximum atomic E-state index is 10.8. The summed E-state index contributed by atoms with van der Waals surface area (Å²) in [6.45, 7) is 2.04. The highest BCUT2D eigenvalue weighted by molar-refractivity contribution is 5.68. The van der Waals surface area contributed by atoms with Crippen LogP contribution < -0.4 is 0 Å². The van der Waals surface area contributed by atoms with Gasteiger partial charge in [0.15, 0.2) is 0 Å². The van der Waals surface area contributed by atoms with Crippen molar-refractivity contribution in [3.8, 4) is 0 Å². The van der Waals surface area contributed by atoms with Crippen molar-refractivity contribution in [1.82, 2.24) is 4.90 Å². The summed E-state index contributed by atoms with van der Waals surface area (Å²) < 4.78 is 0. The lowest BCUT2D eigenvalue weighted by Crippen LogP contribution is -2.49. The van der Waals surface area contributed by atoms with E-state index in [1.165, 1.54) is 0 Å². The van der Waals surface area contributed by atoms with Crippen molar-refractivity contribution in [1.29, 1.82) is 0 Å². The molecule has 15 heavy (non-hydrogen) atoms. The average Bonchev–Trinajstić information content (AvgIpc) is 2.55. The zero-order valence-corrected chi connectivity index (χ0v) is 8.98. The lowest BCUT2D eigenvalue weighted by atomic mass is 9.85. The molecule has 0 aromatic carbocycles. The van der Waals surface area contributed by atoms with Crippen LogP contribution >= 0.6 is 0 Å². The molecule has 0 aliphatic carbocycles. The van der Waals surface area contributed by atoms with Crippen LogP contribution in [0.2, 0.25) is 0 Å². The fourth-order valence-electron chi connectivity index (χ4n) is 3.08. The first-order valence-electron chi connectivity index (χ1n) is 5.80. The second-order valence-corrected chi connectivity index (χ2v) is 4.83. The first-order valence-corrected chi connectivity index (χ1v) is 5.80. The molecule has 2 N–H and O–H groups in total. The predicted molar refractivity (Wildman–Crippen MR) is 55.6 cm³/mol. The van der Waals surface area contributed by atoms with Crippen LogP contribution in [0.25, 0.3) is 0 Å². The first-order chi connectivity index (χ1) is 7.12. The van der Waals surface area contributed by atoms with Gasteiger partial charge in [-0.25, -0.2) is 0 Å². The third kappa shape index (κ3) is 2.16. The summed E-state index contributed by atoms with van der Waals surface area (Å²) in [5.74, 6) is -0.883. The minimum Gasteiger partial charge on any atom is -0.481 e. The molecule has 0 aromatic heterocycles. The molecule has 4 nitrogen and oxygen atoms in total. The molecule has 2 rings (SSSR count). The third-order valence-electron chi connectivity index (χ3n) is 3.75. The van der Waals surface area contributed by atoms with Gasteiger partial charge in [-0.15, -0.1) is 0 Å². The molecule has 2 saturated heterocycles. The Bertz CT molecular complexity index is 256. The maximum absolute atomic E-state index is 10.8. The van der Waals surface area contributed by atoms with E-state index >= 15 is 0 Å². The topological polar surface area (TPSA) is 60.8 Å². The molecule has 0 aromatic rings. The smallest absolute Gasteiger partial charge is 0.306 e. The number of rotatable bonds is 2. The number of fused-ring (bicyclic) bond motifs is 1. The second kappa shape index (κ2) is 4.10.